The summed E-state index contributed by atoms with van der Waals surface area (Å²) in [4.78, 5) is 23.1. The number of carbonyl (C=O) groups is 2. The topological polar surface area (TPSA) is 72.8 Å². The van der Waals surface area contributed by atoms with E-state index in [9.17, 15) is 14.7 Å². The average Bonchev–Trinajstić information content (AvgIpc) is 2.37. The monoisotopic (exact) mass is 266 g/mol. The van der Waals surface area contributed by atoms with Gasteiger partial charge in [-0.1, -0.05) is 6.92 Å². The molecule has 0 fully saturated rings. The number of hydrogen-bond donors (Lipinski definition) is 1. The Balaban J connectivity index is 2.77. The van der Waals surface area contributed by atoms with E-state index in [2.05, 4.69) is 0 Å². The van der Waals surface area contributed by atoms with Gasteiger partial charge in [0, 0.05) is 5.56 Å². The highest BCUT2D eigenvalue weighted by molar-refractivity contribution is 6.06. The maximum Gasteiger partial charge on any atom is 0.313 e. The molecule has 1 rings (SSSR count). The number of esters is 1. The van der Waals surface area contributed by atoms with Gasteiger partial charge in [-0.15, -0.1) is 0 Å². The minimum atomic E-state index is -0.559. The Bertz CT molecular complexity index is 453. The summed E-state index contributed by atoms with van der Waals surface area (Å²) >= 11 is 0. The second-order valence-electron chi connectivity index (χ2n) is 3.94. The lowest BCUT2D eigenvalue weighted by Gasteiger charge is -2.08. The highest BCUT2D eigenvalue weighted by Crippen LogP contribution is 2.27. The Morgan fingerprint density at radius 3 is 2.63 bits per heavy atom. The fourth-order valence-corrected chi connectivity index (χ4v) is 1.46. The lowest BCUT2D eigenvalue weighted by molar-refractivity contribution is -0.141. The summed E-state index contributed by atoms with van der Waals surface area (Å²) in [6.45, 7) is 4.31. The number of phenols is 1. The average molecular weight is 266 g/mol. The number of carbonyl (C=O) groups excluding carboxylic acids is 2. The van der Waals surface area contributed by atoms with Crippen molar-refractivity contribution in [3.63, 3.8) is 0 Å². The molecular weight excluding hydrogens is 248 g/mol. The standard InChI is InChI=1S/C14H18O5/c1-3-7-19-13-8-10(5-6-11(13)15)12(16)9-14(17)18-4-2/h5-6,8,15H,3-4,7,9H2,1-2H3. The van der Waals surface area contributed by atoms with Gasteiger partial charge >= 0.3 is 5.97 Å². The Hall–Kier alpha value is -2.04. The zero-order chi connectivity index (χ0) is 14.3. The maximum absolute atomic E-state index is 11.8. The molecule has 5 nitrogen and oxygen atoms in total. The second-order valence-corrected chi connectivity index (χ2v) is 3.94. The third kappa shape index (κ3) is 4.62. The number of Topliss-reactive ketones (excluding diaryl/α,β-unsaturated/α-hetero) is 1. The fourth-order valence-electron chi connectivity index (χ4n) is 1.46. The quantitative estimate of drug-likeness (QED) is 0.466. The van der Waals surface area contributed by atoms with Crippen LogP contribution in [-0.2, 0) is 9.53 Å². The fraction of sp³-hybridized carbons (Fsp3) is 0.429. The maximum atomic E-state index is 11.8. The molecule has 0 aromatic heterocycles. The van der Waals surface area contributed by atoms with E-state index in [1.54, 1.807) is 6.92 Å². The van der Waals surface area contributed by atoms with Crippen molar-refractivity contribution in [1.29, 1.82) is 0 Å². The SMILES string of the molecule is CCCOc1cc(C(=O)CC(=O)OCC)ccc1O. The van der Waals surface area contributed by atoms with Crippen molar-refractivity contribution in [2.75, 3.05) is 13.2 Å². The van der Waals surface area contributed by atoms with Gasteiger partial charge in [0.05, 0.1) is 13.2 Å². The number of rotatable bonds is 7. The van der Waals surface area contributed by atoms with Gasteiger partial charge in [-0.05, 0) is 31.5 Å². The predicted molar refractivity (Wildman–Crippen MR) is 69.5 cm³/mol. The van der Waals surface area contributed by atoms with Crippen LogP contribution in [-0.4, -0.2) is 30.1 Å². The van der Waals surface area contributed by atoms with Crippen molar-refractivity contribution in [3.05, 3.63) is 23.8 Å². The number of benzene rings is 1. The Labute approximate surface area is 112 Å². The van der Waals surface area contributed by atoms with E-state index in [1.807, 2.05) is 6.92 Å². The molecule has 0 atom stereocenters. The molecule has 0 aliphatic rings. The molecule has 1 aromatic carbocycles. The van der Waals surface area contributed by atoms with E-state index in [4.69, 9.17) is 9.47 Å². The summed E-state index contributed by atoms with van der Waals surface area (Å²) in [5.41, 5.74) is 0.317. The molecule has 1 N–H and O–H groups in total. The van der Waals surface area contributed by atoms with Crippen LogP contribution < -0.4 is 4.74 Å². The molecule has 0 aliphatic heterocycles. The molecule has 0 unspecified atom stereocenters. The van der Waals surface area contributed by atoms with E-state index in [0.29, 0.717) is 12.2 Å². The van der Waals surface area contributed by atoms with Crippen molar-refractivity contribution < 1.29 is 24.2 Å². The molecule has 0 amide bonds. The summed E-state index contributed by atoms with van der Waals surface area (Å²) in [6, 6.07) is 4.27. The first-order valence-electron chi connectivity index (χ1n) is 6.23. The van der Waals surface area contributed by atoms with Crippen LogP contribution in [0, 0.1) is 0 Å². The van der Waals surface area contributed by atoms with Gasteiger partial charge in [0.25, 0.3) is 0 Å². The third-order valence-corrected chi connectivity index (χ3v) is 2.35. The first kappa shape index (κ1) is 15.0. The van der Waals surface area contributed by atoms with E-state index in [0.717, 1.165) is 6.42 Å². The van der Waals surface area contributed by atoms with Gasteiger partial charge in [-0.3, -0.25) is 9.59 Å². The molecule has 104 valence electrons. The van der Waals surface area contributed by atoms with Crippen LogP contribution in [0.2, 0.25) is 0 Å². The van der Waals surface area contributed by atoms with Crippen LogP contribution in [0.3, 0.4) is 0 Å². The van der Waals surface area contributed by atoms with E-state index < -0.39 is 5.97 Å². The molecule has 19 heavy (non-hydrogen) atoms. The number of ketones is 1. The lowest BCUT2D eigenvalue weighted by Crippen LogP contribution is -2.11. The molecular formula is C14H18O5. The smallest absolute Gasteiger partial charge is 0.313 e. The first-order valence-corrected chi connectivity index (χ1v) is 6.23. The van der Waals surface area contributed by atoms with Crippen LogP contribution in [0.4, 0.5) is 0 Å². The summed E-state index contributed by atoms with van der Waals surface area (Å²) in [7, 11) is 0. The lowest BCUT2D eigenvalue weighted by atomic mass is 10.1. The molecule has 0 bridgehead atoms. The third-order valence-electron chi connectivity index (χ3n) is 2.35. The zero-order valence-corrected chi connectivity index (χ0v) is 11.1. The molecule has 5 heteroatoms. The number of ether oxygens (including phenoxy) is 2. The summed E-state index contributed by atoms with van der Waals surface area (Å²) < 4.78 is 10.0. The highest BCUT2D eigenvalue weighted by atomic mass is 16.5. The molecule has 1 aromatic rings. The van der Waals surface area contributed by atoms with E-state index >= 15 is 0 Å². The number of aromatic hydroxyl groups is 1. The highest BCUT2D eigenvalue weighted by Gasteiger charge is 2.14. The minimum Gasteiger partial charge on any atom is -0.504 e. The summed E-state index contributed by atoms with van der Waals surface area (Å²) in [5.74, 6) is -0.700. The Morgan fingerprint density at radius 2 is 2.00 bits per heavy atom. The molecule has 0 saturated heterocycles. The van der Waals surface area contributed by atoms with Gasteiger partial charge in [-0.2, -0.15) is 0 Å². The van der Waals surface area contributed by atoms with E-state index in [-0.39, 0.29) is 30.3 Å². The second kappa shape index (κ2) is 7.41. The van der Waals surface area contributed by atoms with Crippen LogP contribution >= 0.6 is 0 Å². The summed E-state index contributed by atoms with van der Waals surface area (Å²) in [6.07, 6.45) is 0.478. The molecule has 0 radical (unpaired) electrons. The Kier molecular flexibility index (Phi) is 5.85. The number of phenolic OH excluding ortho intramolecular Hbond substituents is 1. The van der Waals surface area contributed by atoms with Crippen LogP contribution in [0.1, 0.15) is 37.0 Å². The largest absolute Gasteiger partial charge is 0.504 e. The first-order chi connectivity index (χ1) is 9.08. The molecule has 0 spiro atoms. The van der Waals surface area contributed by atoms with Gasteiger partial charge < -0.3 is 14.6 Å². The van der Waals surface area contributed by atoms with Gasteiger partial charge in [0.15, 0.2) is 17.3 Å². The van der Waals surface area contributed by atoms with Gasteiger partial charge in [0.1, 0.15) is 6.42 Å². The van der Waals surface area contributed by atoms with E-state index in [1.165, 1.54) is 18.2 Å². The Morgan fingerprint density at radius 1 is 1.26 bits per heavy atom. The van der Waals surface area contributed by atoms with Crippen molar-refractivity contribution in [3.8, 4) is 11.5 Å². The van der Waals surface area contributed by atoms with Crippen molar-refractivity contribution in [2.45, 2.75) is 26.7 Å². The van der Waals surface area contributed by atoms with Gasteiger partial charge in [-0.25, -0.2) is 0 Å². The van der Waals surface area contributed by atoms with Crippen LogP contribution in [0.25, 0.3) is 0 Å². The van der Waals surface area contributed by atoms with Crippen LogP contribution in [0.15, 0.2) is 18.2 Å². The van der Waals surface area contributed by atoms with Gasteiger partial charge in [0.2, 0.25) is 0 Å². The summed E-state index contributed by atoms with van der Waals surface area (Å²) in [5, 5.41) is 9.58. The molecule has 0 heterocycles. The van der Waals surface area contributed by atoms with Crippen molar-refractivity contribution in [2.24, 2.45) is 0 Å². The van der Waals surface area contributed by atoms with Crippen LogP contribution in [0.5, 0.6) is 11.5 Å². The zero-order valence-electron chi connectivity index (χ0n) is 11.1. The minimum absolute atomic E-state index is 0.0267. The van der Waals surface area contributed by atoms with Crippen molar-refractivity contribution >= 4 is 11.8 Å². The molecule has 0 aliphatic carbocycles. The molecule has 0 saturated carbocycles. The predicted octanol–water partition coefficient (Wildman–Crippen LogP) is 2.32. The number of hydrogen-bond acceptors (Lipinski definition) is 5. The normalized spacial score (nSPS) is 10.0. The van der Waals surface area contributed by atoms with Crippen molar-refractivity contribution in [1.82, 2.24) is 0 Å².